The molecule has 0 saturated heterocycles. The molecule has 104 valence electrons. The number of nitro groups is 1. The van der Waals surface area contributed by atoms with Crippen LogP contribution in [0.25, 0.3) is 0 Å². The van der Waals surface area contributed by atoms with Crippen molar-refractivity contribution in [1.29, 1.82) is 0 Å². The van der Waals surface area contributed by atoms with Crippen LogP contribution in [0.2, 0.25) is 0 Å². The van der Waals surface area contributed by atoms with Gasteiger partial charge in [0.05, 0.1) is 26.9 Å². The summed E-state index contributed by atoms with van der Waals surface area (Å²) in [5.74, 6) is 4.57. The van der Waals surface area contributed by atoms with Gasteiger partial charge in [0, 0.05) is 12.1 Å². The number of nitro benzene ring substituents is 1. The molecule has 0 spiro atoms. The molecule has 3 N–H and O–H groups in total. The molecule has 0 heterocycles. The smallest absolute Gasteiger partial charge is 0.329 e. The molecule has 0 amide bonds. The quantitative estimate of drug-likeness (QED) is 0.426. The van der Waals surface area contributed by atoms with E-state index in [1.807, 2.05) is 0 Å². The van der Waals surface area contributed by atoms with Crippen molar-refractivity contribution in [3.63, 3.8) is 0 Å². The Balaban J connectivity index is 2.69. The Morgan fingerprint density at radius 3 is 2.47 bits per heavy atom. The largest absolute Gasteiger partial charge is 0.491 e. The fourth-order valence-corrected chi connectivity index (χ4v) is 2.53. The summed E-state index contributed by atoms with van der Waals surface area (Å²) >= 11 is 6.31. The van der Waals surface area contributed by atoms with Crippen molar-refractivity contribution in [3.05, 3.63) is 31.2 Å². The average Bonchev–Trinajstić information content (AvgIpc) is 2.32. The number of hydrogen-bond acceptors (Lipinski definition) is 7. The summed E-state index contributed by atoms with van der Waals surface area (Å²) in [4.78, 5) is 25.4. The first-order chi connectivity index (χ1) is 8.95. The second kappa shape index (κ2) is 7.38. The summed E-state index contributed by atoms with van der Waals surface area (Å²) in [6.07, 6.45) is -0.0277. The number of rotatable bonds is 6. The van der Waals surface area contributed by atoms with Gasteiger partial charge in [0.2, 0.25) is 0 Å². The normalized spacial score (nSPS) is 10.1. The molecule has 1 aromatic carbocycles. The third-order valence-corrected chi connectivity index (χ3v) is 3.10. The van der Waals surface area contributed by atoms with Crippen molar-refractivity contribution >= 4 is 43.5 Å². The molecule has 0 radical (unpaired) electrons. The Labute approximate surface area is 124 Å². The van der Waals surface area contributed by atoms with Crippen LogP contribution >= 0.6 is 31.9 Å². The minimum atomic E-state index is -0.586. The highest BCUT2D eigenvalue weighted by molar-refractivity contribution is 9.11. The zero-order chi connectivity index (χ0) is 14.4. The van der Waals surface area contributed by atoms with E-state index in [0.29, 0.717) is 14.7 Å². The summed E-state index contributed by atoms with van der Waals surface area (Å²) < 4.78 is 6.14. The number of nitrogens with one attached hydrogen (secondary N) is 1. The lowest BCUT2D eigenvalue weighted by atomic mass is 10.3. The average molecular weight is 399 g/mol. The third-order valence-electron chi connectivity index (χ3n) is 1.92. The minimum absolute atomic E-state index is 0.0277. The van der Waals surface area contributed by atoms with Crippen LogP contribution < -0.4 is 16.2 Å². The van der Waals surface area contributed by atoms with Gasteiger partial charge in [-0.2, -0.15) is 0 Å². The standard InChI is InChI=1S/C9H9Br2N3O5/c10-6-3-5(14(16)17)4-7(11)9(6)18-2-1-8(15)19-13-12/h3-4,13H,1-2,12H2. The molecular weight excluding hydrogens is 390 g/mol. The molecule has 10 heteroatoms. The molecule has 0 saturated carbocycles. The second-order valence-corrected chi connectivity index (χ2v) is 4.89. The van der Waals surface area contributed by atoms with Gasteiger partial charge >= 0.3 is 5.97 Å². The number of carbonyl (C=O) groups excluding carboxylic acids is 1. The maximum Gasteiger partial charge on any atom is 0.329 e. The number of non-ortho nitro benzene ring substituents is 1. The monoisotopic (exact) mass is 397 g/mol. The van der Waals surface area contributed by atoms with Gasteiger partial charge in [-0.1, -0.05) is 5.59 Å². The van der Waals surface area contributed by atoms with Gasteiger partial charge in [-0.25, -0.2) is 5.84 Å². The van der Waals surface area contributed by atoms with E-state index in [2.05, 4.69) is 36.7 Å². The molecule has 0 unspecified atom stereocenters. The first kappa shape index (κ1) is 15.8. The van der Waals surface area contributed by atoms with Crippen LogP contribution in [0, 0.1) is 10.1 Å². The number of hydrogen-bond donors (Lipinski definition) is 2. The molecule has 0 atom stereocenters. The lowest BCUT2D eigenvalue weighted by molar-refractivity contribution is -0.385. The van der Waals surface area contributed by atoms with Crippen molar-refractivity contribution < 1.29 is 19.3 Å². The highest BCUT2D eigenvalue weighted by Gasteiger charge is 2.15. The minimum Gasteiger partial charge on any atom is -0.491 e. The molecule has 0 aliphatic carbocycles. The third kappa shape index (κ3) is 4.74. The Morgan fingerprint density at radius 1 is 1.42 bits per heavy atom. The van der Waals surface area contributed by atoms with Crippen molar-refractivity contribution in [2.75, 3.05) is 6.61 Å². The van der Waals surface area contributed by atoms with Crippen molar-refractivity contribution in [3.8, 4) is 5.75 Å². The lowest BCUT2D eigenvalue weighted by Crippen LogP contribution is -2.27. The SMILES string of the molecule is NNOC(=O)CCOc1c(Br)cc([N+](=O)[O-])cc1Br. The van der Waals surface area contributed by atoms with E-state index < -0.39 is 10.9 Å². The van der Waals surface area contributed by atoms with Gasteiger partial charge in [0.1, 0.15) is 5.75 Å². The van der Waals surface area contributed by atoms with Gasteiger partial charge in [-0.05, 0) is 31.9 Å². The van der Waals surface area contributed by atoms with Crippen molar-refractivity contribution in [2.45, 2.75) is 6.42 Å². The van der Waals surface area contributed by atoms with Gasteiger partial charge < -0.3 is 9.57 Å². The fourth-order valence-electron chi connectivity index (χ4n) is 1.14. The Bertz CT molecular complexity index is 474. The molecule has 0 aliphatic rings. The summed E-state index contributed by atoms with van der Waals surface area (Å²) in [5.41, 5.74) is 1.67. The van der Waals surface area contributed by atoms with Crippen LogP contribution in [-0.4, -0.2) is 17.5 Å². The molecule has 0 bridgehead atoms. The van der Waals surface area contributed by atoms with E-state index in [0.717, 1.165) is 0 Å². The molecule has 19 heavy (non-hydrogen) atoms. The predicted molar refractivity (Wildman–Crippen MR) is 72.0 cm³/mol. The Hall–Kier alpha value is -1.23. The molecular formula is C9H9Br2N3O5. The fraction of sp³-hybridized carbons (Fsp3) is 0.222. The zero-order valence-corrected chi connectivity index (χ0v) is 12.6. The predicted octanol–water partition coefficient (Wildman–Crippen LogP) is 1.81. The summed E-state index contributed by atoms with van der Waals surface area (Å²) in [7, 11) is 0. The van der Waals surface area contributed by atoms with E-state index in [4.69, 9.17) is 10.6 Å². The van der Waals surface area contributed by atoms with Crippen LogP contribution in [-0.2, 0) is 9.63 Å². The van der Waals surface area contributed by atoms with Crippen LogP contribution in [0.3, 0.4) is 0 Å². The molecule has 8 nitrogen and oxygen atoms in total. The number of nitrogens with two attached hydrogens (primary N) is 1. The van der Waals surface area contributed by atoms with Gasteiger partial charge in [0.25, 0.3) is 5.69 Å². The lowest BCUT2D eigenvalue weighted by Gasteiger charge is -2.09. The number of ether oxygens (including phenoxy) is 1. The van der Waals surface area contributed by atoms with Gasteiger partial charge in [-0.3, -0.25) is 14.9 Å². The van der Waals surface area contributed by atoms with Crippen LogP contribution in [0.1, 0.15) is 6.42 Å². The summed E-state index contributed by atoms with van der Waals surface area (Å²) in [6.45, 7) is 0.0372. The van der Waals surface area contributed by atoms with Crippen molar-refractivity contribution in [1.82, 2.24) is 5.59 Å². The highest BCUT2D eigenvalue weighted by Crippen LogP contribution is 2.37. The Morgan fingerprint density at radius 2 is 2.00 bits per heavy atom. The van der Waals surface area contributed by atoms with Crippen LogP contribution in [0.15, 0.2) is 21.1 Å². The first-order valence-electron chi connectivity index (χ1n) is 4.87. The molecule has 0 aliphatic heterocycles. The number of carbonyl (C=O) groups is 1. The van der Waals surface area contributed by atoms with Crippen molar-refractivity contribution in [2.24, 2.45) is 5.84 Å². The maximum atomic E-state index is 11.0. The first-order valence-corrected chi connectivity index (χ1v) is 6.45. The van der Waals surface area contributed by atoms with E-state index in [-0.39, 0.29) is 18.7 Å². The number of nitrogens with zero attached hydrogens (tertiary/aromatic N) is 1. The molecule has 0 fully saturated rings. The number of hydrazine groups is 1. The number of benzene rings is 1. The van der Waals surface area contributed by atoms with E-state index in [9.17, 15) is 14.9 Å². The molecule has 0 aromatic heterocycles. The van der Waals surface area contributed by atoms with E-state index in [1.165, 1.54) is 12.1 Å². The maximum absolute atomic E-state index is 11.0. The van der Waals surface area contributed by atoms with E-state index in [1.54, 1.807) is 5.59 Å². The van der Waals surface area contributed by atoms with Gasteiger partial charge in [0.15, 0.2) is 0 Å². The highest BCUT2D eigenvalue weighted by atomic mass is 79.9. The second-order valence-electron chi connectivity index (χ2n) is 3.19. The topological polar surface area (TPSA) is 117 Å². The molecule has 1 rings (SSSR count). The summed E-state index contributed by atoms with van der Waals surface area (Å²) in [5, 5.41) is 10.6. The zero-order valence-electron chi connectivity index (χ0n) is 9.39. The number of halogens is 2. The summed E-state index contributed by atoms with van der Waals surface area (Å²) in [6, 6.07) is 2.61. The van der Waals surface area contributed by atoms with Crippen LogP contribution in [0.5, 0.6) is 5.75 Å². The Kier molecular flexibility index (Phi) is 6.15. The van der Waals surface area contributed by atoms with E-state index >= 15 is 0 Å². The van der Waals surface area contributed by atoms with Gasteiger partial charge in [-0.15, -0.1) is 0 Å². The molecule has 1 aromatic rings. The van der Waals surface area contributed by atoms with Crippen LogP contribution in [0.4, 0.5) is 5.69 Å².